The molecule has 1 amide bonds. The molecule has 0 heterocycles. The largest absolute Gasteiger partial charge is 0.495 e. The van der Waals surface area contributed by atoms with E-state index in [0.717, 1.165) is 5.56 Å². The van der Waals surface area contributed by atoms with E-state index in [2.05, 4.69) is 5.32 Å². The molecule has 0 aliphatic carbocycles. The third kappa shape index (κ3) is 5.35. The quantitative estimate of drug-likeness (QED) is 0.779. The zero-order valence-corrected chi connectivity index (χ0v) is 14.7. The Labute approximate surface area is 148 Å². The topological polar surface area (TPSA) is 64.6 Å². The molecule has 5 heteroatoms. The highest BCUT2D eigenvalue weighted by molar-refractivity contribution is 5.96. The molecule has 0 fully saturated rings. The smallest absolute Gasteiger partial charge is 0.307 e. The van der Waals surface area contributed by atoms with E-state index in [1.165, 1.54) is 7.11 Å². The normalized spacial score (nSPS) is 12.8. The number of amides is 1. The molecule has 0 bridgehead atoms. The van der Waals surface area contributed by atoms with Gasteiger partial charge in [-0.1, -0.05) is 49.4 Å². The van der Waals surface area contributed by atoms with Crippen molar-refractivity contribution in [3.63, 3.8) is 0 Å². The van der Waals surface area contributed by atoms with E-state index < -0.39 is 18.0 Å². The Morgan fingerprint density at radius 2 is 1.64 bits per heavy atom. The maximum atomic E-state index is 12.2. The summed E-state index contributed by atoms with van der Waals surface area (Å²) in [7, 11) is 1.53. The van der Waals surface area contributed by atoms with Crippen molar-refractivity contribution in [3.05, 3.63) is 60.2 Å². The molecule has 0 aliphatic rings. The first-order valence-electron chi connectivity index (χ1n) is 8.19. The van der Waals surface area contributed by atoms with Gasteiger partial charge >= 0.3 is 5.97 Å². The molecule has 2 atom stereocenters. The van der Waals surface area contributed by atoms with E-state index in [-0.39, 0.29) is 12.3 Å². The lowest BCUT2D eigenvalue weighted by Crippen LogP contribution is -2.30. The van der Waals surface area contributed by atoms with Crippen molar-refractivity contribution >= 4 is 17.6 Å². The van der Waals surface area contributed by atoms with Crippen LogP contribution in [-0.4, -0.2) is 25.1 Å². The van der Waals surface area contributed by atoms with Crippen LogP contribution in [0.2, 0.25) is 0 Å². The summed E-state index contributed by atoms with van der Waals surface area (Å²) in [5, 5.41) is 2.71. The van der Waals surface area contributed by atoms with Gasteiger partial charge in [-0.2, -0.15) is 0 Å². The number of carbonyl (C=O) groups excluding carboxylic acids is 2. The Balaban J connectivity index is 1.89. The first-order chi connectivity index (χ1) is 12.0. The number of ether oxygens (including phenoxy) is 2. The Bertz CT molecular complexity index is 715. The summed E-state index contributed by atoms with van der Waals surface area (Å²) in [5.74, 6) is -0.227. The van der Waals surface area contributed by atoms with Crippen LogP contribution in [0.25, 0.3) is 0 Å². The van der Waals surface area contributed by atoms with Gasteiger partial charge in [0, 0.05) is 0 Å². The van der Waals surface area contributed by atoms with E-state index in [4.69, 9.17) is 9.47 Å². The third-order valence-electron chi connectivity index (χ3n) is 3.88. The number of methoxy groups -OCH3 is 1. The summed E-state index contributed by atoms with van der Waals surface area (Å²) in [5.41, 5.74) is 1.60. The van der Waals surface area contributed by atoms with Gasteiger partial charge in [0.25, 0.3) is 5.91 Å². The second kappa shape index (κ2) is 8.87. The average molecular weight is 341 g/mol. The summed E-state index contributed by atoms with van der Waals surface area (Å²) in [4.78, 5) is 24.3. The number of esters is 1. The molecule has 132 valence electrons. The van der Waals surface area contributed by atoms with Crippen LogP contribution in [-0.2, 0) is 14.3 Å². The Morgan fingerprint density at radius 3 is 2.32 bits per heavy atom. The molecule has 0 saturated heterocycles. The molecule has 0 radical (unpaired) electrons. The van der Waals surface area contributed by atoms with Gasteiger partial charge in [0.1, 0.15) is 5.75 Å². The predicted molar refractivity (Wildman–Crippen MR) is 96.7 cm³/mol. The lowest BCUT2D eigenvalue weighted by atomic mass is 9.98. The predicted octanol–water partition coefficient (Wildman–Crippen LogP) is 3.76. The zero-order valence-electron chi connectivity index (χ0n) is 14.7. The molecule has 2 rings (SSSR count). The maximum absolute atomic E-state index is 12.2. The molecule has 5 nitrogen and oxygen atoms in total. The van der Waals surface area contributed by atoms with Gasteiger partial charge in [0.05, 0.1) is 19.2 Å². The van der Waals surface area contributed by atoms with E-state index in [0.29, 0.717) is 11.4 Å². The fourth-order valence-electron chi connectivity index (χ4n) is 2.43. The van der Waals surface area contributed by atoms with Crippen molar-refractivity contribution in [2.45, 2.75) is 32.3 Å². The number of hydrogen-bond donors (Lipinski definition) is 1. The number of anilines is 1. The summed E-state index contributed by atoms with van der Waals surface area (Å²) < 4.78 is 10.4. The molecular weight excluding hydrogens is 318 g/mol. The Kier molecular flexibility index (Phi) is 6.57. The molecule has 25 heavy (non-hydrogen) atoms. The van der Waals surface area contributed by atoms with Gasteiger partial charge in [-0.25, -0.2) is 0 Å². The van der Waals surface area contributed by atoms with Crippen LogP contribution in [0.4, 0.5) is 5.69 Å². The van der Waals surface area contributed by atoms with Crippen molar-refractivity contribution in [1.29, 1.82) is 0 Å². The van der Waals surface area contributed by atoms with E-state index in [9.17, 15) is 9.59 Å². The highest BCUT2D eigenvalue weighted by Gasteiger charge is 2.20. The SMILES string of the molecule is COc1ccccc1NC(=O)[C@H](C)OC(=O)C[C@@H](C)c1ccccc1. The van der Waals surface area contributed by atoms with Crippen LogP contribution >= 0.6 is 0 Å². The monoisotopic (exact) mass is 341 g/mol. The van der Waals surface area contributed by atoms with Crippen LogP contribution < -0.4 is 10.1 Å². The maximum Gasteiger partial charge on any atom is 0.307 e. The van der Waals surface area contributed by atoms with Crippen LogP contribution in [0.15, 0.2) is 54.6 Å². The summed E-state index contributed by atoms with van der Waals surface area (Å²) >= 11 is 0. The van der Waals surface area contributed by atoms with Gasteiger partial charge in [0.15, 0.2) is 6.10 Å². The number of para-hydroxylation sites is 2. The fourth-order valence-corrected chi connectivity index (χ4v) is 2.43. The summed E-state index contributed by atoms with van der Waals surface area (Å²) in [6.07, 6.45) is -0.670. The average Bonchev–Trinajstić information content (AvgIpc) is 2.62. The molecular formula is C20H23NO4. The first-order valence-corrected chi connectivity index (χ1v) is 8.19. The fraction of sp³-hybridized carbons (Fsp3) is 0.300. The van der Waals surface area contributed by atoms with E-state index in [1.54, 1.807) is 25.1 Å². The number of rotatable bonds is 7. The molecule has 0 saturated carbocycles. The molecule has 0 aromatic heterocycles. The number of benzene rings is 2. The Morgan fingerprint density at radius 1 is 1.00 bits per heavy atom. The summed E-state index contributed by atoms with van der Waals surface area (Å²) in [6.45, 7) is 3.51. The van der Waals surface area contributed by atoms with Crippen molar-refractivity contribution in [2.75, 3.05) is 12.4 Å². The van der Waals surface area contributed by atoms with Crippen LogP contribution in [0.1, 0.15) is 31.7 Å². The lowest BCUT2D eigenvalue weighted by molar-refractivity contribution is -0.153. The molecule has 0 unspecified atom stereocenters. The van der Waals surface area contributed by atoms with Crippen LogP contribution in [0, 0.1) is 0 Å². The second-order valence-electron chi connectivity index (χ2n) is 5.84. The molecule has 0 spiro atoms. The van der Waals surface area contributed by atoms with Crippen molar-refractivity contribution in [2.24, 2.45) is 0 Å². The molecule has 2 aromatic rings. The molecule has 0 aliphatic heterocycles. The van der Waals surface area contributed by atoms with Crippen molar-refractivity contribution in [1.82, 2.24) is 0 Å². The highest BCUT2D eigenvalue weighted by atomic mass is 16.5. The number of carbonyl (C=O) groups is 2. The van der Waals surface area contributed by atoms with E-state index in [1.807, 2.05) is 43.3 Å². The Hall–Kier alpha value is -2.82. The lowest BCUT2D eigenvalue weighted by Gasteiger charge is -2.16. The standard InChI is InChI=1S/C20H23NO4/c1-14(16-9-5-4-6-10-16)13-19(22)25-15(2)20(23)21-17-11-7-8-12-18(17)24-3/h4-12,14-15H,13H2,1-3H3,(H,21,23)/t14-,15+/m1/s1. The molecule has 1 N–H and O–H groups in total. The van der Waals surface area contributed by atoms with Crippen molar-refractivity contribution < 1.29 is 19.1 Å². The minimum atomic E-state index is -0.889. The van der Waals surface area contributed by atoms with E-state index >= 15 is 0 Å². The zero-order chi connectivity index (χ0) is 18.2. The summed E-state index contributed by atoms with van der Waals surface area (Å²) in [6, 6.07) is 16.8. The van der Waals surface area contributed by atoms with Crippen LogP contribution in [0.3, 0.4) is 0 Å². The molecule has 2 aromatic carbocycles. The van der Waals surface area contributed by atoms with Gasteiger partial charge < -0.3 is 14.8 Å². The first kappa shape index (κ1) is 18.5. The number of nitrogens with one attached hydrogen (secondary N) is 1. The van der Waals surface area contributed by atoms with Crippen LogP contribution in [0.5, 0.6) is 5.75 Å². The van der Waals surface area contributed by atoms with Gasteiger partial charge in [-0.15, -0.1) is 0 Å². The van der Waals surface area contributed by atoms with Gasteiger partial charge in [-0.3, -0.25) is 9.59 Å². The minimum Gasteiger partial charge on any atom is -0.495 e. The van der Waals surface area contributed by atoms with Gasteiger partial charge in [-0.05, 0) is 30.5 Å². The van der Waals surface area contributed by atoms with Crippen molar-refractivity contribution in [3.8, 4) is 5.75 Å². The minimum absolute atomic E-state index is 0.0261. The highest BCUT2D eigenvalue weighted by Crippen LogP contribution is 2.23. The number of hydrogen-bond acceptors (Lipinski definition) is 4. The van der Waals surface area contributed by atoms with Gasteiger partial charge in [0.2, 0.25) is 0 Å². The third-order valence-corrected chi connectivity index (χ3v) is 3.88. The second-order valence-corrected chi connectivity index (χ2v) is 5.84.